The average molecular weight is 431 g/mol. The highest BCUT2D eigenvalue weighted by molar-refractivity contribution is 5.81. The van der Waals surface area contributed by atoms with Gasteiger partial charge in [0.2, 0.25) is 0 Å². The number of hydrogen-bond acceptors (Lipinski definition) is 3. The second kappa shape index (κ2) is 8.41. The smallest absolute Gasteiger partial charge is 0.428 e. The molecule has 0 aromatic heterocycles. The summed E-state index contributed by atoms with van der Waals surface area (Å²) in [6.07, 6.45) is -6.26. The lowest BCUT2D eigenvalue weighted by molar-refractivity contribution is -0.253. The van der Waals surface area contributed by atoms with Crippen molar-refractivity contribution >= 4 is 12.0 Å². The topological polar surface area (TPSA) is 38.3 Å². The number of anilines is 1. The van der Waals surface area contributed by atoms with Crippen LogP contribution in [-0.2, 0) is 6.42 Å². The van der Waals surface area contributed by atoms with Gasteiger partial charge in [-0.2, -0.15) is 17.6 Å². The molecule has 7 heteroatoms. The molecule has 1 aliphatic rings. The number of fused-ring (bicyclic) bond motifs is 1. The zero-order chi connectivity index (χ0) is 22.0. The predicted molar refractivity (Wildman–Crippen MR) is 112 cm³/mol. The molecule has 0 amide bonds. The van der Waals surface area contributed by atoms with Gasteiger partial charge in [0, 0.05) is 12.7 Å². The summed E-state index contributed by atoms with van der Waals surface area (Å²) >= 11 is 0. The quantitative estimate of drug-likeness (QED) is 0.347. The molecule has 1 atom stereocenters. The van der Waals surface area contributed by atoms with E-state index in [1.807, 2.05) is 36.4 Å². The summed E-state index contributed by atoms with van der Waals surface area (Å²) in [7, 11) is 0. The fourth-order valence-corrected chi connectivity index (χ4v) is 3.84. The Morgan fingerprint density at radius 2 is 1.84 bits per heavy atom. The summed E-state index contributed by atoms with van der Waals surface area (Å²) in [4.78, 5) is 11.1. The van der Waals surface area contributed by atoms with Crippen molar-refractivity contribution in [3.8, 4) is 16.9 Å². The number of benzene rings is 3. The van der Waals surface area contributed by atoms with Crippen LogP contribution in [0.5, 0.6) is 5.75 Å². The molecule has 0 fully saturated rings. The van der Waals surface area contributed by atoms with Crippen molar-refractivity contribution in [3.05, 3.63) is 83.4 Å². The molecule has 3 aromatic rings. The van der Waals surface area contributed by atoms with Crippen molar-refractivity contribution in [2.75, 3.05) is 5.32 Å². The summed E-state index contributed by atoms with van der Waals surface area (Å²) in [6, 6.07) is 18.8. The fraction of sp³-hybridized carbons (Fsp3) is 0.208. The molecule has 0 radical (unpaired) electrons. The first kappa shape index (κ1) is 20.9. The Hall–Kier alpha value is -3.35. The fourth-order valence-electron chi connectivity index (χ4n) is 3.84. The van der Waals surface area contributed by atoms with E-state index in [9.17, 15) is 22.4 Å². The summed E-state index contributed by atoms with van der Waals surface area (Å²) in [5, 5.41) is 3.40. The highest BCUT2D eigenvalue weighted by Crippen LogP contribution is 2.39. The molecule has 0 spiro atoms. The summed E-state index contributed by atoms with van der Waals surface area (Å²) < 4.78 is 55.6. The summed E-state index contributed by atoms with van der Waals surface area (Å²) in [6.45, 7) is 0. The molecular weight excluding hydrogens is 410 g/mol. The lowest BCUT2D eigenvalue weighted by Crippen LogP contribution is -2.33. The average Bonchev–Trinajstić information content (AvgIpc) is 2.78. The molecule has 1 heterocycles. The molecule has 31 heavy (non-hydrogen) atoms. The van der Waals surface area contributed by atoms with E-state index in [2.05, 4.69) is 10.1 Å². The van der Waals surface area contributed by atoms with Gasteiger partial charge in [0.1, 0.15) is 12.0 Å². The zero-order valence-corrected chi connectivity index (χ0v) is 16.3. The third kappa shape index (κ3) is 4.40. The van der Waals surface area contributed by atoms with Gasteiger partial charge in [0.15, 0.2) is 0 Å². The van der Waals surface area contributed by atoms with Crippen LogP contribution < -0.4 is 10.1 Å². The highest BCUT2D eigenvalue weighted by Gasteiger charge is 2.44. The molecule has 3 nitrogen and oxygen atoms in total. The maximum Gasteiger partial charge on any atom is 0.461 e. The monoisotopic (exact) mass is 431 g/mol. The minimum atomic E-state index is -4.55. The Morgan fingerprint density at radius 1 is 1.06 bits per heavy atom. The van der Waals surface area contributed by atoms with Crippen LogP contribution in [0.15, 0.2) is 66.7 Å². The lowest BCUT2D eigenvalue weighted by atomic mass is 9.88. The number of rotatable bonds is 6. The largest absolute Gasteiger partial charge is 0.461 e. The first-order valence-electron chi connectivity index (χ1n) is 9.76. The Labute approximate surface area is 178 Å². The molecule has 162 valence electrons. The number of carbonyl (C=O) groups is 1. The second-order valence-electron chi connectivity index (χ2n) is 7.35. The minimum Gasteiger partial charge on any atom is -0.428 e. The van der Waals surface area contributed by atoms with E-state index < -0.39 is 12.5 Å². The number of halogens is 4. The van der Waals surface area contributed by atoms with E-state index in [1.165, 1.54) is 18.2 Å². The van der Waals surface area contributed by atoms with Gasteiger partial charge in [-0.1, -0.05) is 42.5 Å². The van der Waals surface area contributed by atoms with Gasteiger partial charge in [-0.15, -0.1) is 0 Å². The van der Waals surface area contributed by atoms with Crippen molar-refractivity contribution in [2.24, 2.45) is 0 Å². The van der Waals surface area contributed by atoms with Crippen LogP contribution in [0.1, 0.15) is 35.4 Å². The van der Waals surface area contributed by atoms with E-state index >= 15 is 0 Å². The second-order valence-corrected chi connectivity index (χ2v) is 7.35. The van der Waals surface area contributed by atoms with Gasteiger partial charge >= 0.3 is 12.5 Å². The van der Waals surface area contributed by atoms with E-state index in [1.54, 1.807) is 12.1 Å². The van der Waals surface area contributed by atoms with Gasteiger partial charge in [-0.25, -0.2) is 0 Å². The molecule has 0 saturated carbocycles. The standard InChI is InChI=1S/C24H19F4NO2.H2/c25-23(26)24(27,28)31-18-7-2-6-17(13-18)21-11-10-20-19(8-3-9-22(20)29-21)16-5-1-4-15(12-16)14-30;/h1-9,12-14,21,23,29H,10-11H2;1H. The first-order chi connectivity index (χ1) is 14.9. The molecule has 3 aromatic carbocycles. The van der Waals surface area contributed by atoms with Crippen LogP contribution in [0.4, 0.5) is 23.2 Å². The SMILES string of the molecule is O=Cc1cccc(-c2cccc3c2CCC(c2cccc(OC(F)(F)C(F)F)c2)N3)c1.[HH]. The predicted octanol–water partition coefficient (Wildman–Crippen LogP) is 6.75. The number of hydrogen-bond donors (Lipinski definition) is 1. The number of aldehydes is 1. The lowest BCUT2D eigenvalue weighted by Gasteiger charge is -2.29. The van der Waals surface area contributed by atoms with E-state index in [4.69, 9.17) is 0 Å². The van der Waals surface area contributed by atoms with Crippen molar-refractivity contribution in [1.29, 1.82) is 0 Å². The molecular formula is C24H21F4NO2. The number of carbonyl (C=O) groups excluding carboxylic acids is 1. The molecule has 1 unspecified atom stereocenters. The van der Waals surface area contributed by atoms with E-state index in [-0.39, 0.29) is 13.2 Å². The molecule has 1 N–H and O–H groups in total. The Morgan fingerprint density at radius 3 is 2.61 bits per heavy atom. The summed E-state index contributed by atoms with van der Waals surface area (Å²) in [5.41, 5.74) is 5.20. The van der Waals surface area contributed by atoms with Gasteiger partial charge in [0.05, 0.1) is 6.04 Å². The van der Waals surface area contributed by atoms with Gasteiger partial charge in [-0.3, -0.25) is 4.79 Å². The van der Waals surface area contributed by atoms with Crippen molar-refractivity contribution in [2.45, 2.75) is 31.4 Å². The Balaban J connectivity index is 0.00000289. The van der Waals surface area contributed by atoms with E-state index in [0.29, 0.717) is 24.0 Å². The Kier molecular flexibility index (Phi) is 5.67. The van der Waals surface area contributed by atoms with Crippen LogP contribution in [-0.4, -0.2) is 18.8 Å². The van der Waals surface area contributed by atoms with Crippen LogP contribution in [0.2, 0.25) is 0 Å². The molecule has 0 bridgehead atoms. The zero-order valence-electron chi connectivity index (χ0n) is 16.3. The van der Waals surface area contributed by atoms with Gasteiger partial charge in [-0.05, 0) is 59.4 Å². The van der Waals surface area contributed by atoms with Crippen LogP contribution >= 0.6 is 0 Å². The van der Waals surface area contributed by atoms with E-state index in [0.717, 1.165) is 28.7 Å². The van der Waals surface area contributed by atoms with Gasteiger partial charge in [0.25, 0.3) is 0 Å². The third-order valence-corrected chi connectivity index (χ3v) is 5.29. The minimum absolute atomic E-state index is 0. The Bertz CT molecular complexity index is 1110. The van der Waals surface area contributed by atoms with Crippen molar-refractivity contribution in [1.82, 2.24) is 0 Å². The normalized spacial score (nSPS) is 15.8. The van der Waals surface area contributed by atoms with Crippen LogP contribution in [0, 0.1) is 0 Å². The maximum atomic E-state index is 13.3. The molecule has 0 saturated heterocycles. The highest BCUT2D eigenvalue weighted by atomic mass is 19.3. The van der Waals surface area contributed by atoms with Crippen molar-refractivity contribution < 1.29 is 28.5 Å². The van der Waals surface area contributed by atoms with Crippen LogP contribution in [0.3, 0.4) is 0 Å². The first-order valence-corrected chi connectivity index (χ1v) is 9.76. The molecule has 0 aliphatic carbocycles. The third-order valence-electron chi connectivity index (χ3n) is 5.29. The van der Waals surface area contributed by atoms with Crippen LogP contribution in [0.25, 0.3) is 11.1 Å². The summed E-state index contributed by atoms with van der Waals surface area (Å²) in [5.74, 6) is -0.310. The maximum absolute atomic E-state index is 13.3. The molecule has 1 aliphatic heterocycles. The molecule has 4 rings (SSSR count). The van der Waals surface area contributed by atoms with Crippen molar-refractivity contribution in [3.63, 3.8) is 0 Å². The number of nitrogens with one attached hydrogen (secondary N) is 1. The van der Waals surface area contributed by atoms with Gasteiger partial charge < -0.3 is 10.1 Å². The number of alkyl halides is 4. The number of ether oxygens (including phenoxy) is 1.